The van der Waals surface area contributed by atoms with E-state index in [1.807, 2.05) is 18.7 Å². The lowest BCUT2D eigenvalue weighted by Gasteiger charge is -2.48. The number of ether oxygens (including phenoxy) is 1. The summed E-state index contributed by atoms with van der Waals surface area (Å²) in [6.07, 6.45) is 3.90. The molecule has 194 valence electrons. The van der Waals surface area contributed by atoms with Crippen LogP contribution in [0.25, 0.3) is 0 Å². The van der Waals surface area contributed by atoms with E-state index in [1.54, 1.807) is 11.8 Å². The van der Waals surface area contributed by atoms with Crippen molar-refractivity contribution in [2.45, 2.75) is 32.4 Å². The number of nitrogens with zero attached hydrogens (tertiary/aromatic N) is 4. The predicted octanol–water partition coefficient (Wildman–Crippen LogP) is 3.35. The fraction of sp³-hybridized carbons (Fsp3) is 0.308. The Bertz CT molecular complexity index is 1290. The zero-order chi connectivity index (χ0) is 26.7. The van der Waals surface area contributed by atoms with E-state index >= 15 is 0 Å². The Morgan fingerprint density at radius 3 is 2.49 bits per heavy atom. The van der Waals surface area contributed by atoms with Crippen LogP contribution in [-0.2, 0) is 4.79 Å². The minimum Gasteiger partial charge on any atom is -0.619 e. The van der Waals surface area contributed by atoms with Crippen LogP contribution in [0, 0.1) is 16.8 Å². The van der Waals surface area contributed by atoms with Crippen LogP contribution in [0.15, 0.2) is 61.1 Å². The minimum absolute atomic E-state index is 0.143. The van der Waals surface area contributed by atoms with Crippen LogP contribution in [0.2, 0.25) is 0 Å². The summed E-state index contributed by atoms with van der Waals surface area (Å²) in [4.78, 5) is 33.8. The number of halogens is 2. The van der Waals surface area contributed by atoms with Crippen LogP contribution < -0.4 is 14.8 Å². The molecule has 0 aliphatic carbocycles. The zero-order valence-corrected chi connectivity index (χ0v) is 20.6. The lowest BCUT2D eigenvalue weighted by Crippen LogP contribution is -2.63. The number of carbonyl (C=O) groups is 2. The molecule has 37 heavy (non-hydrogen) atoms. The van der Waals surface area contributed by atoms with Gasteiger partial charge in [0.25, 0.3) is 5.91 Å². The van der Waals surface area contributed by atoms with Crippen molar-refractivity contribution in [3.05, 3.63) is 83.5 Å². The van der Waals surface area contributed by atoms with Gasteiger partial charge in [0, 0.05) is 37.8 Å². The average molecular weight is 512 g/mol. The molecular weight excluding hydrogens is 484 g/mol. The van der Waals surface area contributed by atoms with Crippen LogP contribution >= 0.6 is 0 Å². The molecule has 1 aliphatic heterocycles. The number of piperazine rings is 1. The van der Waals surface area contributed by atoms with E-state index in [-0.39, 0.29) is 29.1 Å². The molecule has 3 heterocycles. The molecule has 1 aliphatic rings. The topological polar surface area (TPSA) is 102 Å². The second kappa shape index (κ2) is 10.5. The van der Waals surface area contributed by atoms with Crippen molar-refractivity contribution >= 4 is 17.6 Å². The van der Waals surface area contributed by atoms with Gasteiger partial charge < -0.3 is 20.2 Å². The normalized spacial score (nSPS) is 16.2. The predicted molar refractivity (Wildman–Crippen MR) is 131 cm³/mol. The number of aromatic nitrogens is 2. The highest BCUT2D eigenvalue weighted by molar-refractivity contribution is 5.95. The summed E-state index contributed by atoms with van der Waals surface area (Å²) >= 11 is 0. The summed E-state index contributed by atoms with van der Waals surface area (Å²) in [7, 11) is 0. The van der Waals surface area contributed by atoms with E-state index in [2.05, 4.69) is 10.3 Å². The van der Waals surface area contributed by atoms with Crippen molar-refractivity contribution in [3.8, 4) is 11.5 Å². The second-order valence-electron chi connectivity index (χ2n) is 9.41. The van der Waals surface area contributed by atoms with E-state index in [1.165, 1.54) is 48.9 Å². The Morgan fingerprint density at radius 1 is 1.14 bits per heavy atom. The van der Waals surface area contributed by atoms with Gasteiger partial charge in [0.2, 0.25) is 5.91 Å². The smallest absolute Gasteiger partial charge is 0.254 e. The Hall–Kier alpha value is -4.12. The maximum atomic E-state index is 13.8. The molecule has 0 spiro atoms. The number of benzene rings is 1. The molecule has 11 heteroatoms. The molecule has 2 aromatic heterocycles. The molecule has 1 fully saturated rings. The van der Waals surface area contributed by atoms with E-state index in [0.717, 1.165) is 12.1 Å². The largest absolute Gasteiger partial charge is 0.619 e. The van der Waals surface area contributed by atoms with Gasteiger partial charge in [0.15, 0.2) is 24.0 Å². The molecule has 0 radical (unpaired) electrons. The van der Waals surface area contributed by atoms with Gasteiger partial charge >= 0.3 is 0 Å². The van der Waals surface area contributed by atoms with Gasteiger partial charge in [-0.3, -0.25) is 14.5 Å². The highest BCUT2D eigenvalue weighted by Crippen LogP contribution is 2.26. The molecule has 1 saturated heterocycles. The number of anilines is 1. The quantitative estimate of drug-likeness (QED) is 0.402. The zero-order valence-electron chi connectivity index (χ0n) is 20.6. The number of hydrogen-bond donors (Lipinski definition) is 1. The van der Waals surface area contributed by atoms with Crippen LogP contribution in [-0.4, -0.2) is 57.8 Å². The summed E-state index contributed by atoms with van der Waals surface area (Å²) in [5, 5.41) is 14.0. The Balaban J connectivity index is 1.35. The molecule has 0 saturated carbocycles. The minimum atomic E-state index is -0.838. The molecule has 4 rings (SSSR count). The molecule has 0 unspecified atom stereocenters. The van der Waals surface area contributed by atoms with Gasteiger partial charge in [0.05, 0.1) is 23.3 Å². The van der Waals surface area contributed by atoms with Crippen LogP contribution in [0.3, 0.4) is 0 Å². The molecule has 2 amide bonds. The summed E-state index contributed by atoms with van der Waals surface area (Å²) < 4.78 is 32.9. The fourth-order valence-corrected chi connectivity index (χ4v) is 4.21. The molecular formula is C26H27F2N5O4. The third kappa shape index (κ3) is 6.00. The number of amides is 2. The number of nitrogens with one attached hydrogen (secondary N) is 1. The average Bonchev–Trinajstić information content (AvgIpc) is 2.86. The highest BCUT2D eigenvalue weighted by Gasteiger charge is 2.39. The van der Waals surface area contributed by atoms with Crippen molar-refractivity contribution in [1.82, 2.24) is 14.8 Å². The second-order valence-corrected chi connectivity index (χ2v) is 9.41. The van der Waals surface area contributed by atoms with Crippen molar-refractivity contribution in [1.29, 1.82) is 0 Å². The van der Waals surface area contributed by atoms with Gasteiger partial charge in [0.1, 0.15) is 17.4 Å². The van der Waals surface area contributed by atoms with Gasteiger partial charge in [-0.05, 0) is 45.0 Å². The van der Waals surface area contributed by atoms with E-state index in [0.29, 0.717) is 29.9 Å². The molecule has 0 bridgehead atoms. The molecule has 1 aromatic carbocycles. The standard InChI is InChI=1S/C26H27F2N5O4/c1-17(31-12-13-33(26(2,3)16-31)25(35)18-8-10-32(36)11-9-18)24(34)30-23-7-5-20(15-29-23)37-22-6-4-19(27)14-21(22)28/h4-11,14-15,17H,12-13,16H2,1-3H3,(H,29,30,34)/t17-/m1/s1. The maximum absolute atomic E-state index is 13.8. The molecule has 9 nitrogen and oxygen atoms in total. The van der Waals surface area contributed by atoms with E-state index in [9.17, 15) is 23.6 Å². The number of rotatable bonds is 6. The SMILES string of the molecule is C[C@H](C(=O)Nc1ccc(Oc2ccc(F)cc2F)cn1)N1CCN(C(=O)c2cc[n+]([O-])cc2)C(C)(C)C1. The fourth-order valence-electron chi connectivity index (χ4n) is 4.21. The van der Waals surface area contributed by atoms with E-state index < -0.39 is 23.2 Å². The highest BCUT2D eigenvalue weighted by atomic mass is 19.1. The Morgan fingerprint density at radius 2 is 1.86 bits per heavy atom. The maximum Gasteiger partial charge on any atom is 0.254 e. The van der Waals surface area contributed by atoms with Crippen LogP contribution in [0.4, 0.5) is 14.6 Å². The van der Waals surface area contributed by atoms with Crippen LogP contribution in [0.5, 0.6) is 11.5 Å². The number of carbonyl (C=O) groups excluding carboxylic acids is 2. The van der Waals surface area contributed by atoms with Gasteiger partial charge in [-0.1, -0.05) is 0 Å². The Kier molecular flexibility index (Phi) is 7.35. The summed E-state index contributed by atoms with van der Waals surface area (Å²) in [6, 6.07) is 8.51. The molecule has 3 aromatic rings. The third-order valence-corrected chi connectivity index (χ3v) is 6.26. The van der Waals surface area contributed by atoms with Gasteiger partial charge in [-0.25, -0.2) is 13.8 Å². The molecule has 1 N–H and O–H groups in total. The van der Waals surface area contributed by atoms with Crippen molar-refractivity contribution < 1.29 is 27.8 Å². The van der Waals surface area contributed by atoms with Crippen molar-refractivity contribution in [3.63, 3.8) is 0 Å². The van der Waals surface area contributed by atoms with Crippen molar-refractivity contribution in [2.24, 2.45) is 0 Å². The monoisotopic (exact) mass is 511 g/mol. The first-order chi connectivity index (χ1) is 17.5. The number of hydrogen-bond acceptors (Lipinski definition) is 6. The summed E-state index contributed by atoms with van der Waals surface area (Å²) in [5.41, 5.74) is -0.125. The van der Waals surface area contributed by atoms with Crippen LogP contribution in [0.1, 0.15) is 31.1 Å². The van der Waals surface area contributed by atoms with E-state index in [4.69, 9.17) is 4.74 Å². The summed E-state index contributed by atoms with van der Waals surface area (Å²) in [5.74, 6) is -1.62. The lowest BCUT2D eigenvalue weighted by molar-refractivity contribution is -0.605. The first-order valence-electron chi connectivity index (χ1n) is 11.7. The van der Waals surface area contributed by atoms with Gasteiger partial charge in [-0.15, -0.1) is 0 Å². The lowest BCUT2D eigenvalue weighted by atomic mass is 9.96. The Labute approximate surface area is 212 Å². The van der Waals surface area contributed by atoms with Crippen molar-refractivity contribution in [2.75, 3.05) is 25.0 Å². The van der Waals surface area contributed by atoms with Gasteiger partial charge in [-0.2, -0.15) is 4.73 Å². The number of pyridine rings is 2. The summed E-state index contributed by atoms with van der Waals surface area (Å²) in [6.45, 7) is 7.01. The first kappa shape index (κ1) is 26.0. The third-order valence-electron chi connectivity index (χ3n) is 6.26. The molecule has 1 atom stereocenters. The first-order valence-corrected chi connectivity index (χ1v) is 11.7.